The van der Waals surface area contributed by atoms with Crippen molar-refractivity contribution < 1.29 is 9.21 Å². The Morgan fingerprint density at radius 2 is 2.10 bits per heavy atom. The van der Waals surface area contributed by atoms with Crippen LogP contribution in [0.4, 0.5) is 5.95 Å². The number of hydrogen-bond donors (Lipinski definition) is 2. The lowest BCUT2D eigenvalue weighted by molar-refractivity contribution is -0.116. The van der Waals surface area contributed by atoms with E-state index in [1.54, 1.807) is 24.5 Å². The van der Waals surface area contributed by atoms with E-state index in [2.05, 4.69) is 20.6 Å². The highest BCUT2D eigenvalue weighted by atomic mass is 16.3. The maximum absolute atomic E-state index is 11.5. The number of nitrogens with zero attached hydrogens (tertiary/aromatic N) is 2. The summed E-state index contributed by atoms with van der Waals surface area (Å²) in [5.74, 6) is 1.85. The minimum Gasteiger partial charge on any atom is -0.462 e. The van der Waals surface area contributed by atoms with Gasteiger partial charge in [0.1, 0.15) is 11.5 Å². The Labute approximate surface area is 116 Å². The molecular formula is C14H16N4O2. The van der Waals surface area contributed by atoms with Gasteiger partial charge in [0.25, 0.3) is 0 Å². The lowest BCUT2D eigenvalue weighted by Gasteiger charge is -2.04. The fourth-order valence-corrected chi connectivity index (χ4v) is 1.51. The lowest BCUT2D eigenvalue weighted by atomic mass is 10.4. The zero-order valence-electron chi connectivity index (χ0n) is 11.2. The molecule has 2 rings (SSSR count). The second-order valence-electron chi connectivity index (χ2n) is 4.07. The molecule has 0 unspecified atom stereocenters. The lowest BCUT2D eigenvalue weighted by Crippen LogP contribution is -2.27. The van der Waals surface area contributed by atoms with Crippen LogP contribution in [0.1, 0.15) is 11.5 Å². The average Bonchev–Trinajstić information content (AvgIpc) is 2.88. The molecule has 6 nitrogen and oxygen atoms in total. The van der Waals surface area contributed by atoms with Crippen molar-refractivity contribution in [3.05, 3.63) is 48.2 Å². The number of aromatic nitrogens is 2. The summed E-state index contributed by atoms with van der Waals surface area (Å²) >= 11 is 0. The summed E-state index contributed by atoms with van der Waals surface area (Å²) in [6.07, 6.45) is 6.39. The van der Waals surface area contributed by atoms with E-state index in [0.29, 0.717) is 24.8 Å². The summed E-state index contributed by atoms with van der Waals surface area (Å²) < 4.78 is 5.32. The van der Waals surface area contributed by atoms with Crippen LogP contribution in [0.2, 0.25) is 0 Å². The van der Waals surface area contributed by atoms with Crippen molar-refractivity contribution in [2.24, 2.45) is 0 Å². The first-order chi connectivity index (χ1) is 9.74. The molecule has 0 fully saturated rings. The Hall–Kier alpha value is -2.63. The molecule has 0 spiro atoms. The van der Waals surface area contributed by atoms with E-state index in [9.17, 15) is 4.79 Å². The quantitative estimate of drug-likeness (QED) is 0.617. The van der Waals surface area contributed by atoms with E-state index < -0.39 is 0 Å². The number of anilines is 1. The van der Waals surface area contributed by atoms with Crippen molar-refractivity contribution in [2.45, 2.75) is 6.92 Å². The predicted molar refractivity (Wildman–Crippen MR) is 76.0 cm³/mol. The molecule has 0 aliphatic rings. The van der Waals surface area contributed by atoms with Gasteiger partial charge in [-0.2, -0.15) is 0 Å². The highest BCUT2D eigenvalue weighted by Gasteiger charge is 1.97. The van der Waals surface area contributed by atoms with Crippen LogP contribution in [0, 0.1) is 6.92 Å². The van der Waals surface area contributed by atoms with Crippen LogP contribution in [0.3, 0.4) is 0 Å². The van der Waals surface area contributed by atoms with Gasteiger partial charge in [-0.15, -0.1) is 0 Å². The first kappa shape index (κ1) is 13.8. The molecule has 0 radical (unpaired) electrons. The Morgan fingerprint density at radius 1 is 1.30 bits per heavy atom. The van der Waals surface area contributed by atoms with Gasteiger partial charge in [-0.1, -0.05) is 0 Å². The monoisotopic (exact) mass is 272 g/mol. The third kappa shape index (κ3) is 4.56. The number of rotatable bonds is 6. The fraction of sp³-hybridized carbons (Fsp3) is 0.214. The van der Waals surface area contributed by atoms with E-state index in [1.165, 1.54) is 6.08 Å². The third-order valence-electron chi connectivity index (χ3n) is 2.43. The largest absolute Gasteiger partial charge is 0.462 e. The first-order valence-corrected chi connectivity index (χ1v) is 6.27. The summed E-state index contributed by atoms with van der Waals surface area (Å²) in [6, 6.07) is 5.41. The Bertz CT molecular complexity index is 578. The van der Waals surface area contributed by atoms with Crippen LogP contribution in [-0.4, -0.2) is 29.0 Å². The number of amides is 1. The van der Waals surface area contributed by atoms with Crippen molar-refractivity contribution in [1.29, 1.82) is 0 Å². The van der Waals surface area contributed by atoms with Crippen molar-refractivity contribution in [2.75, 3.05) is 18.4 Å². The predicted octanol–water partition coefficient (Wildman–Crippen LogP) is 1.62. The highest BCUT2D eigenvalue weighted by molar-refractivity contribution is 5.91. The SMILES string of the molecule is Cc1ccc(/C=C/C(=O)NCCNc2ncccn2)o1. The summed E-state index contributed by atoms with van der Waals surface area (Å²) in [5, 5.41) is 5.74. The molecule has 104 valence electrons. The standard InChI is InChI=1S/C14H16N4O2/c1-11-3-4-12(20-11)5-6-13(19)15-9-10-18-14-16-7-2-8-17-14/h2-8H,9-10H2,1H3,(H,15,19)(H,16,17,18)/b6-5+. The maximum atomic E-state index is 11.5. The molecule has 2 aromatic heterocycles. The second-order valence-corrected chi connectivity index (χ2v) is 4.07. The Balaban J connectivity index is 1.66. The van der Waals surface area contributed by atoms with Gasteiger partial charge in [0.05, 0.1) is 0 Å². The molecule has 0 saturated heterocycles. The topological polar surface area (TPSA) is 80.0 Å². The highest BCUT2D eigenvalue weighted by Crippen LogP contribution is 2.07. The average molecular weight is 272 g/mol. The van der Waals surface area contributed by atoms with Gasteiger partial charge in [0, 0.05) is 31.6 Å². The summed E-state index contributed by atoms with van der Waals surface area (Å²) in [6.45, 7) is 2.90. The Kier molecular flexibility index (Phi) is 4.88. The zero-order valence-corrected chi connectivity index (χ0v) is 11.2. The van der Waals surface area contributed by atoms with E-state index in [-0.39, 0.29) is 5.91 Å². The van der Waals surface area contributed by atoms with E-state index >= 15 is 0 Å². The number of carbonyl (C=O) groups is 1. The van der Waals surface area contributed by atoms with E-state index in [4.69, 9.17) is 4.42 Å². The number of aryl methyl sites for hydroxylation is 1. The molecule has 1 amide bonds. The normalized spacial score (nSPS) is 10.7. The molecule has 0 bridgehead atoms. The summed E-state index contributed by atoms with van der Waals surface area (Å²) in [4.78, 5) is 19.6. The zero-order chi connectivity index (χ0) is 14.2. The molecule has 0 aliphatic carbocycles. The number of hydrogen-bond acceptors (Lipinski definition) is 5. The van der Waals surface area contributed by atoms with Gasteiger partial charge in [0.15, 0.2) is 0 Å². The molecule has 0 aromatic carbocycles. The van der Waals surface area contributed by atoms with Crippen molar-refractivity contribution in [3.63, 3.8) is 0 Å². The summed E-state index contributed by atoms with van der Waals surface area (Å²) in [7, 11) is 0. The van der Waals surface area contributed by atoms with Gasteiger partial charge < -0.3 is 15.1 Å². The number of furan rings is 1. The molecule has 6 heteroatoms. The third-order valence-corrected chi connectivity index (χ3v) is 2.43. The van der Waals surface area contributed by atoms with Crippen LogP contribution < -0.4 is 10.6 Å². The van der Waals surface area contributed by atoms with Gasteiger partial charge >= 0.3 is 0 Å². The minimum atomic E-state index is -0.171. The van der Waals surface area contributed by atoms with Gasteiger partial charge in [-0.05, 0) is 31.2 Å². The van der Waals surface area contributed by atoms with E-state index in [0.717, 1.165) is 5.76 Å². The minimum absolute atomic E-state index is 0.171. The van der Waals surface area contributed by atoms with Crippen LogP contribution in [0.15, 0.2) is 41.1 Å². The van der Waals surface area contributed by atoms with E-state index in [1.807, 2.05) is 19.1 Å². The van der Waals surface area contributed by atoms with Crippen molar-refractivity contribution in [3.8, 4) is 0 Å². The molecule has 2 aromatic rings. The molecule has 0 atom stereocenters. The molecule has 0 saturated carbocycles. The van der Waals surface area contributed by atoms with Gasteiger partial charge in [-0.3, -0.25) is 4.79 Å². The molecular weight excluding hydrogens is 256 g/mol. The smallest absolute Gasteiger partial charge is 0.244 e. The molecule has 2 N–H and O–H groups in total. The molecule has 2 heterocycles. The Morgan fingerprint density at radius 3 is 2.80 bits per heavy atom. The number of carbonyl (C=O) groups excluding carboxylic acids is 1. The van der Waals surface area contributed by atoms with Gasteiger partial charge in [0.2, 0.25) is 11.9 Å². The van der Waals surface area contributed by atoms with Crippen LogP contribution in [0.5, 0.6) is 0 Å². The van der Waals surface area contributed by atoms with Crippen LogP contribution in [0.25, 0.3) is 6.08 Å². The maximum Gasteiger partial charge on any atom is 0.244 e. The van der Waals surface area contributed by atoms with Crippen molar-refractivity contribution >= 4 is 17.9 Å². The second kappa shape index (κ2) is 7.08. The first-order valence-electron chi connectivity index (χ1n) is 6.27. The van der Waals surface area contributed by atoms with Crippen LogP contribution in [-0.2, 0) is 4.79 Å². The van der Waals surface area contributed by atoms with Crippen LogP contribution >= 0.6 is 0 Å². The number of nitrogens with one attached hydrogen (secondary N) is 2. The summed E-state index contributed by atoms with van der Waals surface area (Å²) in [5.41, 5.74) is 0. The molecule has 0 aliphatic heterocycles. The van der Waals surface area contributed by atoms with Gasteiger partial charge in [-0.25, -0.2) is 9.97 Å². The molecule has 20 heavy (non-hydrogen) atoms. The fourth-order valence-electron chi connectivity index (χ4n) is 1.51. The van der Waals surface area contributed by atoms with Crippen molar-refractivity contribution in [1.82, 2.24) is 15.3 Å².